The van der Waals surface area contributed by atoms with Crippen LogP contribution in [0.4, 0.5) is 5.69 Å². The molecule has 0 aliphatic rings. The molecule has 1 aromatic carbocycles. The fraction of sp³-hybridized carbons (Fsp3) is 0.167. The van der Waals surface area contributed by atoms with E-state index in [0.717, 1.165) is 22.1 Å². The van der Waals surface area contributed by atoms with Gasteiger partial charge in [0.15, 0.2) is 0 Å². The Kier molecular flexibility index (Phi) is 4.16. The lowest BCUT2D eigenvalue weighted by Crippen LogP contribution is -1.88. The Bertz CT molecular complexity index is 454. The average Bonchev–Trinajstić information content (AvgIpc) is 2.74. The molecule has 16 heavy (non-hydrogen) atoms. The first-order chi connectivity index (χ1) is 7.75. The molecule has 0 radical (unpaired) electrons. The minimum Gasteiger partial charge on any atom is -0.399 e. The summed E-state index contributed by atoms with van der Waals surface area (Å²) in [6, 6.07) is 7.83. The molecule has 1 aromatic heterocycles. The molecular weight excluding hydrogens is 258 g/mol. The molecule has 0 spiro atoms. The van der Waals surface area contributed by atoms with E-state index in [2.05, 4.69) is 16.8 Å². The Morgan fingerprint density at radius 3 is 2.88 bits per heavy atom. The van der Waals surface area contributed by atoms with Crippen molar-refractivity contribution in [2.24, 2.45) is 0 Å². The van der Waals surface area contributed by atoms with Gasteiger partial charge < -0.3 is 5.73 Å². The molecule has 0 atom stereocenters. The number of hydrogen-bond acceptors (Lipinski definition) is 3. The van der Waals surface area contributed by atoms with Crippen molar-refractivity contribution in [1.29, 1.82) is 0 Å². The van der Waals surface area contributed by atoms with E-state index in [9.17, 15) is 0 Å². The highest BCUT2D eigenvalue weighted by molar-refractivity contribution is 7.99. The number of thioether (sulfide) groups is 1. The normalized spacial score (nSPS) is 10.6. The number of nitrogen functional groups attached to an aromatic ring is 1. The molecule has 2 aromatic rings. The van der Waals surface area contributed by atoms with Crippen LogP contribution in [0, 0.1) is 0 Å². The molecule has 0 saturated heterocycles. The number of hydrogen-bond donors (Lipinski definition) is 1. The first-order valence-electron chi connectivity index (χ1n) is 4.94. The predicted octanol–water partition coefficient (Wildman–Crippen LogP) is 4.32. The van der Waals surface area contributed by atoms with Crippen LogP contribution < -0.4 is 5.73 Å². The molecule has 4 heteroatoms. The molecule has 0 bridgehead atoms. The summed E-state index contributed by atoms with van der Waals surface area (Å²) in [5.74, 6) is 1.04. The highest BCUT2D eigenvalue weighted by Gasteiger charge is 2.01. The number of nitrogens with two attached hydrogens (primary N) is 1. The van der Waals surface area contributed by atoms with E-state index in [1.165, 1.54) is 5.56 Å². The standard InChI is InChI=1S/C12H12ClNS2/c13-11-7-10(14)1-2-12(11)16-6-4-9-3-5-15-8-9/h1-3,5,7-8H,4,6,14H2. The van der Waals surface area contributed by atoms with Gasteiger partial charge in [-0.25, -0.2) is 0 Å². The van der Waals surface area contributed by atoms with Crippen molar-refractivity contribution in [1.82, 2.24) is 0 Å². The minimum absolute atomic E-state index is 0.715. The lowest BCUT2D eigenvalue weighted by molar-refractivity contribution is 1.17. The zero-order chi connectivity index (χ0) is 11.4. The van der Waals surface area contributed by atoms with Gasteiger partial charge in [-0.3, -0.25) is 0 Å². The van der Waals surface area contributed by atoms with Crippen molar-refractivity contribution in [2.45, 2.75) is 11.3 Å². The van der Waals surface area contributed by atoms with Gasteiger partial charge in [0.25, 0.3) is 0 Å². The first kappa shape index (κ1) is 11.8. The second-order valence-corrected chi connectivity index (χ2v) is 5.74. The highest BCUT2D eigenvalue weighted by Crippen LogP contribution is 2.29. The Morgan fingerprint density at radius 2 is 2.19 bits per heavy atom. The largest absolute Gasteiger partial charge is 0.399 e. The van der Waals surface area contributed by atoms with E-state index >= 15 is 0 Å². The van der Waals surface area contributed by atoms with Gasteiger partial charge in [0, 0.05) is 16.3 Å². The number of halogens is 1. The maximum Gasteiger partial charge on any atom is 0.0562 e. The van der Waals surface area contributed by atoms with E-state index < -0.39 is 0 Å². The second-order valence-electron chi connectivity index (χ2n) is 3.42. The summed E-state index contributed by atoms with van der Waals surface area (Å²) >= 11 is 9.60. The highest BCUT2D eigenvalue weighted by atomic mass is 35.5. The fourth-order valence-electron chi connectivity index (χ4n) is 1.35. The molecule has 1 nitrogen and oxygen atoms in total. The van der Waals surface area contributed by atoms with Gasteiger partial charge in [0.05, 0.1) is 5.02 Å². The Morgan fingerprint density at radius 1 is 1.31 bits per heavy atom. The van der Waals surface area contributed by atoms with Gasteiger partial charge in [0.1, 0.15) is 0 Å². The molecular formula is C12H12ClNS2. The van der Waals surface area contributed by atoms with Gasteiger partial charge in [-0.1, -0.05) is 11.6 Å². The van der Waals surface area contributed by atoms with Crippen LogP contribution in [0.25, 0.3) is 0 Å². The van der Waals surface area contributed by atoms with Gasteiger partial charge in [-0.2, -0.15) is 11.3 Å². The Labute approximate surface area is 109 Å². The number of benzene rings is 1. The summed E-state index contributed by atoms with van der Waals surface area (Å²) in [6.45, 7) is 0. The number of thiophene rings is 1. The Balaban J connectivity index is 1.90. The van der Waals surface area contributed by atoms with Crippen molar-refractivity contribution < 1.29 is 0 Å². The molecule has 0 unspecified atom stereocenters. The topological polar surface area (TPSA) is 26.0 Å². The van der Waals surface area contributed by atoms with E-state index in [0.29, 0.717) is 5.69 Å². The second kappa shape index (κ2) is 5.62. The summed E-state index contributed by atoms with van der Waals surface area (Å²) in [6.07, 6.45) is 1.08. The zero-order valence-corrected chi connectivity index (χ0v) is 11.0. The zero-order valence-electron chi connectivity index (χ0n) is 8.65. The minimum atomic E-state index is 0.715. The molecule has 1 heterocycles. The maximum absolute atomic E-state index is 6.09. The molecule has 0 aliphatic carbocycles. The molecule has 2 N–H and O–H groups in total. The van der Waals surface area contributed by atoms with Crippen LogP contribution in [-0.4, -0.2) is 5.75 Å². The average molecular weight is 270 g/mol. The van der Waals surface area contributed by atoms with E-state index in [1.807, 2.05) is 12.1 Å². The lowest BCUT2D eigenvalue weighted by Gasteiger charge is -2.04. The lowest BCUT2D eigenvalue weighted by atomic mass is 10.3. The smallest absolute Gasteiger partial charge is 0.0562 e. The van der Waals surface area contributed by atoms with Crippen molar-refractivity contribution in [2.75, 3.05) is 11.5 Å². The van der Waals surface area contributed by atoms with Crippen LogP contribution in [0.1, 0.15) is 5.56 Å². The summed E-state index contributed by atoms with van der Waals surface area (Å²) in [7, 11) is 0. The van der Waals surface area contributed by atoms with E-state index in [-0.39, 0.29) is 0 Å². The van der Waals surface area contributed by atoms with Gasteiger partial charge in [0.2, 0.25) is 0 Å². The summed E-state index contributed by atoms with van der Waals surface area (Å²) in [4.78, 5) is 1.10. The third kappa shape index (κ3) is 3.17. The van der Waals surface area contributed by atoms with Gasteiger partial charge >= 0.3 is 0 Å². The van der Waals surface area contributed by atoms with Crippen molar-refractivity contribution in [3.05, 3.63) is 45.6 Å². The number of aryl methyl sites for hydroxylation is 1. The fourth-order valence-corrected chi connectivity index (χ4v) is 3.32. The number of anilines is 1. The molecule has 0 fully saturated rings. The van der Waals surface area contributed by atoms with Gasteiger partial charge in [-0.15, -0.1) is 11.8 Å². The third-order valence-corrected chi connectivity index (χ3v) is 4.42. The summed E-state index contributed by atoms with van der Waals surface area (Å²) < 4.78 is 0. The SMILES string of the molecule is Nc1ccc(SCCc2ccsc2)c(Cl)c1. The van der Waals surface area contributed by atoms with Crippen molar-refractivity contribution in [3.63, 3.8) is 0 Å². The Hall–Kier alpha value is -0.640. The predicted molar refractivity (Wildman–Crippen MR) is 74.6 cm³/mol. The van der Waals surface area contributed by atoms with Crippen LogP contribution in [-0.2, 0) is 6.42 Å². The van der Waals surface area contributed by atoms with E-state index in [4.69, 9.17) is 17.3 Å². The van der Waals surface area contributed by atoms with Crippen molar-refractivity contribution in [3.8, 4) is 0 Å². The van der Waals surface area contributed by atoms with Crippen LogP contribution in [0.15, 0.2) is 39.9 Å². The molecule has 84 valence electrons. The summed E-state index contributed by atoms with van der Waals surface area (Å²) in [5.41, 5.74) is 7.75. The monoisotopic (exact) mass is 269 g/mol. The van der Waals surface area contributed by atoms with Crippen LogP contribution >= 0.6 is 34.7 Å². The molecule has 0 aliphatic heterocycles. The van der Waals surface area contributed by atoms with Crippen LogP contribution in [0.5, 0.6) is 0 Å². The first-order valence-corrected chi connectivity index (χ1v) is 7.25. The summed E-state index contributed by atoms with van der Waals surface area (Å²) in [5, 5.41) is 5.04. The number of rotatable bonds is 4. The van der Waals surface area contributed by atoms with Crippen LogP contribution in [0.3, 0.4) is 0 Å². The molecule has 0 saturated carbocycles. The molecule has 2 rings (SSSR count). The quantitative estimate of drug-likeness (QED) is 0.661. The van der Waals surface area contributed by atoms with Crippen LogP contribution in [0.2, 0.25) is 5.02 Å². The third-order valence-electron chi connectivity index (χ3n) is 2.18. The van der Waals surface area contributed by atoms with Gasteiger partial charge in [-0.05, 0) is 47.0 Å². The molecule has 0 amide bonds. The van der Waals surface area contributed by atoms with Crippen molar-refractivity contribution >= 4 is 40.4 Å². The maximum atomic E-state index is 6.09. The van der Waals surface area contributed by atoms with E-state index in [1.54, 1.807) is 29.2 Å².